The first-order valence-corrected chi connectivity index (χ1v) is 12.6. The van der Waals surface area contributed by atoms with Gasteiger partial charge in [0, 0.05) is 41.2 Å². The Balaban J connectivity index is 1.49. The molecule has 2 aliphatic rings. The lowest BCUT2D eigenvalue weighted by molar-refractivity contribution is 0.0184. The summed E-state index contributed by atoms with van der Waals surface area (Å²) in [5.41, 5.74) is 2.13. The van der Waals surface area contributed by atoms with E-state index in [1.807, 2.05) is 0 Å². The van der Waals surface area contributed by atoms with Crippen molar-refractivity contribution in [3.8, 4) is 51.7 Å². The smallest absolute Gasteiger partial charge is 0.157 e. The monoisotopic (exact) mass is 546 g/mol. The zero-order chi connectivity index (χ0) is 28.3. The first-order valence-electron chi connectivity index (χ1n) is 12.6. The van der Waals surface area contributed by atoms with Crippen LogP contribution in [-0.2, 0) is 6.42 Å². The van der Waals surface area contributed by atoms with Crippen LogP contribution in [0.4, 0.5) is 0 Å². The molecule has 40 heavy (non-hydrogen) atoms. The van der Waals surface area contributed by atoms with Gasteiger partial charge in [0.2, 0.25) is 0 Å². The highest BCUT2D eigenvalue weighted by Crippen LogP contribution is 2.55. The van der Waals surface area contributed by atoms with Crippen LogP contribution in [0.25, 0.3) is 0 Å². The number of aliphatic hydroxyl groups excluding tert-OH is 1. The molecule has 10 nitrogen and oxygen atoms in total. The minimum atomic E-state index is -1.12. The Morgan fingerprint density at radius 3 is 2.00 bits per heavy atom. The van der Waals surface area contributed by atoms with E-state index in [1.165, 1.54) is 48.5 Å². The molecule has 6 rings (SSSR count). The molecule has 206 valence electrons. The molecule has 0 saturated carbocycles. The Labute approximate surface area is 227 Å². The van der Waals surface area contributed by atoms with Gasteiger partial charge >= 0.3 is 0 Å². The van der Waals surface area contributed by atoms with Crippen LogP contribution in [0.2, 0.25) is 0 Å². The number of rotatable bonds is 3. The molecule has 0 bridgehead atoms. The van der Waals surface area contributed by atoms with Gasteiger partial charge in [-0.15, -0.1) is 0 Å². The molecule has 4 aromatic rings. The molecule has 2 heterocycles. The standard InChI is InChI=1S/C30H26O10/c31-15-3-4-16-17(11-26(39-27(16)9-15)13-1-5-19(32)22(35)7-13)28-24(37)12-21(34)18-10-25(38)29(40-30(18)28)14-2-6-20(33)23(36)8-14/h1-9,12,17,25-26,29,31-38H,10-11H2. The predicted molar refractivity (Wildman–Crippen MR) is 140 cm³/mol. The van der Waals surface area contributed by atoms with Crippen LogP contribution < -0.4 is 9.47 Å². The van der Waals surface area contributed by atoms with E-state index < -0.39 is 30.0 Å². The lowest BCUT2D eigenvalue weighted by Crippen LogP contribution is -2.31. The first-order chi connectivity index (χ1) is 19.1. The molecule has 8 N–H and O–H groups in total. The third-order valence-corrected chi connectivity index (χ3v) is 7.52. The van der Waals surface area contributed by atoms with E-state index in [-0.39, 0.29) is 58.7 Å². The van der Waals surface area contributed by atoms with Gasteiger partial charge in [-0.1, -0.05) is 18.2 Å². The summed E-state index contributed by atoms with van der Waals surface area (Å²) in [6, 6.07) is 14.1. The topological polar surface area (TPSA) is 180 Å². The Hall–Kier alpha value is -4.96. The van der Waals surface area contributed by atoms with Crippen LogP contribution in [0.15, 0.2) is 60.7 Å². The number of fused-ring (bicyclic) bond motifs is 2. The number of phenols is 7. The summed E-state index contributed by atoms with van der Waals surface area (Å²) < 4.78 is 12.4. The second-order valence-electron chi connectivity index (χ2n) is 10.1. The van der Waals surface area contributed by atoms with Gasteiger partial charge in [0.05, 0.1) is 6.10 Å². The number of aromatic hydroxyl groups is 7. The van der Waals surface area contributed by atoms with Gasteiger partial charge in [-0.05, 0) is 47.9 Å². The highest BCUT2D eigenvalue weighted by Gasteiger charge is 2.40. The number of hydrogen-bond acceptors (Lipinski definition) is 10. The van der Waals surface area contributed by atoms with Crippen LogP contribution >= 0.6 is 0 Å². The first kappa shape index (κ1) is 25.3. The third-order valence-electron chi connectivity index (χ3n) is 7.52. The molecule has 10 heteroatoms. The summed E-state index contributed by atoms with van der Waals surface area (Å²) in [6.45, 7) is 0. The number of ether oxygens (including phenoxy) is 2. The van der Waals surface area contributed by atoms with E-state index in [9.17, 15) is 40.9 Å². The van der Waals surface area contributed by atoms with Crippen molar-refractivity contribution in [2.24, 2.45) is 0 Å². The van der Waals surface area contributed by atoms with Crippen molar-refractivity contribution in [3.05, 3.63) is 88.5 Å². The fraction of sp³-hybridized carbons (Fsp3) is 0.200. The molecule has 4 atom stereocenters. The Bertz CT molecular complexity index is 1630. The molecule has 0 aliphatic carbocycles. The normalized spacial score (nSPS) is 21.5. The molecule has 4 unspecified atom stereocenters. The number of phenolic OH excluding ortho intramolecular Hbond substituents is 7. The van der Waals surface area contributed by atoms with Crippen LogP contribution in [0, 0.1) is 0 Å². The molecule has 0 spiro atoms. The van der Waals surface area contributed by atoms with Crippen LogP contribution in [0.5, 0.6) is 51.7 Å². The molecule has 4 aromatic carbocycles. The maximum Gasteiger partial charge on any atom is 0.157 e. The van der Waals surface area contributed by atoms with Crippen molar-refractivity contribution >= 4 is 0 Å². The fourth-order valence-corrected chi connectivity index (χ4v) is 5.56. The van der Waals surface area contributed by atoms with E-state index in [1.54, 1.807) is 12.1 Å². The van der Waals surface area contributed by atoms with Gasteiger partial charge in [0.25, 0.3) is 0 Å². The van der Waals surface area contributed by atoms with Gasteiger partial charge in [-0.2, -0.15) is 0 Å². The van der Waals surface area contributed by atoms with E-state index >= 15 is 0 Å². The predicted octanol–water partition coefficient (Wildman–Crippen LogP) is 4.32. The van der Waals surface area contributed by atoms with Crippen LogP contribution in [0.3, 0.4) is 0 Å². The Kier molecular flexibility index (Phi) is 5.92. The SMILES string of the molecule is Oc1ccc2c(c1)OC(c1ccc(O)c(O)c1)CC2c1c(O)cc(O)c2c1OC(c1ccc(O)c(O)c1)C(O)C2. The van der Waals surface area contributed by atoms with Crippen LogP contribution in [0.1, 0.15) is 52.4 Å². The maximum atomic E-state index is 11.2. The van der Waals surface area contributed by atoms with E-state index in [0.29, 0.717) is 28.0 Å². The van der Waals surface area contributed by atoms with E-state index in [4.69, 9.17) is 9.47 Å². The molecule has 0 amide bonds. The largest absolute Gasteiger partial charge is 0.508 e. The molecule has 0 aromatic heterocycles. The van der Waals surface area contributed by atoms with Gasteiger partial charge in [-0.3, -0.25) is 0 Å². The molecular weight excluding hydrogens is 520 g/mol. The van der Waals surface area contributed by atoms with E-state index in [2.05, 4.69) is 0 Å². The van der Waals surface area contributed by atoms with Crippen LogP contribution in [-0.4, -0.2) is 47.0 Å². The maximum absolute atomic E-state index is 11.2. The summed E-state index contributed by atoms with van der Waals surface area (Å²) in [5, 5.41) is 82.6. The summed E-state index contributed by atoms with van der Waals surface area (Å²) in [5.74, 6) is -2.05. The average molecular weight is 547 g/mol. The molecule has 2 aliphatic heterocycles. The third kappa shape index (κ3) is 4.18. The summed E-state index contributed by atoms with van der Waals surface area (Å²) >= 11 is 0. The van der Waals surface area contributed by atoms with Crippen molar-refractivity contribution in [2.45, 2.75) is 37.1 Å². The molecule has 0 radical (unpaired) electrons. The summed E-state index contributed by atoms with van der Waals surface area (Å²) in [4.78, 5) is 0. The second-order valence-corrected chi connectivity index (χ2v) is 10.1. The van der Waals surface area contributed by atoms with Crippen molar-refractivity contribution in [1.29, 1.82) is 0 Å². The van der Waals surface area contributed by atoms with Crippen molar-refractivity contribution in [2.75, 3.05) is 0 Å². The zero-order valence-corrected chi connectivity index (χ0v) is 20.9. The lowest BCUT2D eigenvalue weighted by atomic mass is 9.79. The summed E-state index contributed by atoms with van der Waals surface area (Å²) in [7, 11) is 0. The summed E-state index contributed by atoms with van der Waals surface area (Å²) in [6.07, 6.45) is -2.58. The quantitative estimate of drug-likeness (QED) is 0.172. The van der Waals surface area contributed by atoms with Gasteiger partial charge in [-0.25, -0.2) is 0 Å². The minimum Gasteiger partial charge on any atom is -0.508 e. The highest BCUT2D eigenvalue weighted by atomic mass is 16.5. The fourth-order valence-electron chi connectivity index (χ4n) is 5.56. The van der Waals surface area contributed by atoms with Crippen molar-refractivity contribution < 1.29 is 50.3 Å². The molecular formula is C30H26O10. The highest BCUT2D eigenvalue weighted by molar-refractivity contribution is 5.63. The molecule has 0 saturated heterocycles. The molecule has 0 fully saturated rings. The lowest BCUT2D eigenvalue weighted by Gasteiger charge is -2.37. The van der Waals surface area contributed by atoms with Crippen molar-refractivity contribution in [1.82, 2.24) is 0 Å². The van der Waals surface area contributed by atoms with E-state index in [0.717, 1.165) is 0 Å². The van der Waals surface area contributed by atoms with Crippen molar-refractivity contribution in [3.63, 3.8) is 0 Å². The Morgan fingerprint density at radius 2 is 1.30 bits per heavy atom. The number of aliphatic hydroxyl groups is 1. The van der Waals surface area contributed by atoms with Gasteiger partial charge < -0.3 is 50.3 Å². The minimum absolute atomic E-state index is 0.0261. The zero-order valence-electron chi connectivity index (χ0n) is 20.9. The number of hydrogen-bond donors (Lipinski definition) is 8. The Morgan fingerprint density at radius 1 is 0.625 bits per heavy atom. The number of benzene rings is 4. The average Bonchev–Trinajstić information content (AvgIpc) is 2.91. The second kappa shape index (κ2) is 9.35. The van der Waals surface area contributed by atoms with Gasteiger partial charge in [0.1, 0.15) is 41.0 Å². The van der Waals surface area contributed by atoms with Gasteiger partial charge in [0.15, 0.2) is 23.0 Å².